The Labute approximate surface area is 178 Å². The molecule has 0 aliphatic carbocycles. The molecule has 0 N–H and O–H groups in total. The SMILES string of the molecule is CCCCN(C=O)c1nc(-c2cccnc2)nc2ccc(-c3ccc(F)cc3F)cc12. The van der Waals surface area contributed by atoms with Gasteiger partial charge in [0.05, 0.1) is 5.52 Å². The van der Waals surface area contributed by atoms with Crippen LogP contribution in [0.25, 0.3) is 33.4 Å². The number of rotatable bonds is 7. The fourth-order valence-electron chi connectivity index (χ4n) is 3.38. The van der Waals surface area contributed by atoms with Gasteiger partial charge in [-0.05, 0) is 48.4 Å². The summed E-state index contributed by atoms with van der Waals surface area (Å²) in [7, 11) is 0. The predicted octanol–water partition coefficient (Wildman–Crippen LogP) is 5.40. The van der Waals surface area contributed by atoms with Crippen molar-refractivity contribution in [1.82, 2.24) is 15.0 Å². The van der Waals surface area contributed by atoms with Gasteiger partial charge in [0.25, 0.3) is 0 Å². The Morgan fingerprint density at radius 3 is 2.61 bits per heavy atom. The number of hydrogen-bond donors (Lipinski definition) is 0. The fraction of sp³-hybridized carbons (Fsp3) is 0.167. The monoisotopic (exact) mass is 418 g/mol. The zero-order valence-electron chi connectivity index (χ0n) is 16.9. The van der Waals surface area contributed by atoms with Crippen molar-refractivity contribution in [3.63, 3.8) is 0 Å². The third-order valence-corrected chi connectivity index (χ3v) is 4.99. The van der Waals surface area contributed by atoms with Gasteiger partial charge in [-0.2, -0.15) is 0 Å². The molecule has 0 aliphatic rings. The summed E-state index contributed by atoms with van der Waals surface area (Å²) in [6.07, 6.45) is 5.78. The summed E-state index contributed by atoms with van der Waals surface area (Å²) in [6, 6.07) is 12.3. The normalized spacial score (nSPS) is 10.9. The van der Waals surface area contributed by atoms with Crippen molar-refractivity contribution in [3.05, 3.63) is 72.6 Å². The lowest BCUT2D eigenvalue weighted by Gasteiger charge is -2.19. The number of fused-ring (bicyclic) bond motifs is 1. The number of benzene rings is 2. The number of carbonyl (C=O) groups excluding carboxylic acids is 1. The average molecular weight is 418 g/mol. The van der Waals surface area contributed by atoms with E-state index in [4.69, 9.17) is 0 Å². The topological polar surface area (TPSA) is 59.0 Å². The number of pyridine rings is 1. The lowest BCUT2D eigenvalue weighted by atomic mass is 10.0. The van der Waals surface area contributed by atoms with Gasteiger partial charge >= 0.3 is 0 Å². The van der Waals surface area contributed by atoms with Crippen molar-refractivity contribution in [2.24, 2.45) is 0 Å². The van der Waals surface area contributed by atoms with E-state index in [2.05, 4.69) is 15.0 Å². The lowest BCUT2D eigenvalue weighted by Crippen LogP contribution is -2.24. The molecular weight excluding hydrogens is 398 g/mol. The number of amides is 1. The van der Waals surface area contributed by atoms with Crippen LogP contribution in [0.5, 0.6) is 0 Å². The van der Waals surface area contributed by atoms with Gasteiger partial charge in [-0.15, -0.1) is 0 Å². The minimum absolute atomic E-state index is 0.261. The van der Waals surface area contributed by atoms with Crippen LogP contribution in [0.4, 0.5) is 14.6 Å². The molecule has 2 aromatic heterocycles. The highest BCUT2D eigenvalue weighted by atomic mass is 19.1. The summed E-state index contributed by atoms with van der Waals surface area (Å²) < 4.78 is 27.7. The molecule has 1 amide bonds. The number of aromatic nitrogens is 3. The van der Waals surface area contributed by atoms with Crippen molar-refractivity contribution in [3.8, 4) is 22.5 Å². The van der Waals surface area contributed by atoms with Crippen molar-refractivity contribution >= 4 is 23.1 Å². The molecule has 0 bridgehead atoms. The highest BCUT2D eigenvalue weighted by molar-refractivity contribution is 5.97. The largest absolute Gasteiger partial charge is 0.299 e. The van der Waals surface area contributed by atoms with Gasteiger partial charge in [0, 0.05) is 41.5 Å². The molecule has 2 heterocycles. The van der Waals surface area contributed by atoms with E-state index in [9.17, 15) is 13.6 Å². The van der Waals surface area contributed by atoms with E-state index < -0.39 is 11.6 Å². The number of anilines is 1. The third-order valence-electron chi connectivity index (χ3n) is 4.99. The molecule has 4 rings (SSSR count). The van der Waals surface area contributed by atoms with Crippen LogP contribution in [-0.4, -0.2) is 27.9 Å². The summed E-state index contributed by atoms with van der Waals surface area (Å²) in [6.45, 7) is 2.53. The van der Waals surface area contributed by atoms with Crippen molar-refractivity contribution in [2.45, 2.75) is 19.8 Å². The average Bonchev–Trinajstić information content (AvgIpc) is 2.79. The molecule has 4 aromatic rings. The summed E-state index contributed by atoms with van der Waals surface area (Å²) in [5, 5.41) is 0.608. The van der Waals surface area contributed by atoms with Crippen LogP contribution in [0.15, 0.2) is 60.9 Å². The molecule has 0 spiro atoms. The summed E-state index contributed by atoms with van der Waals surface area (Å²) in [5.41, 5.74) is 2.14. The molecule has 0 atom stereocenters. The van der Waals surface area contributed by atoms with Crippen LogP contribution in [0.1, 0.15) is 19.8 Å². The summed E-state index contributed by atoms with van der Waals surface area (Å²) in [4.78, 5) is 26.8. The first-order chi connectivity index (χ1) is 15.1. The maximum atomic E-state index is 14.4. The highest BCUT2D eigenvalue weighted by Crippen LogP contribution is 2.32. The van der Waals surface area contributed by atoms with E-state index in [1.165, 1.54) is 17.0 Å². The second-order valence-electron chi connectivity index (χ2n) is 7.12. The Kier molecular flexibility index (Phi) is 5.93. The van der Waals surface area contributed by atoms with Crippen LogP contribution in [0, 0.1) is 11.6 Å². The Balaban J connectivity index is 1.92. The minimum atomic E-state index is -0.660. The van der Waals surface area contributed by atoms with Crippen LogP contribution >= 0.6 is 0 Å². The predicted molar refractivity (Wildman–Crippen MR) is 116 cm³/mol. The molecule has 0 saturated carbocycles. The molecule has 156 valence electrons. The second-order valence-corrected chi connectivity index (χ2v) is 7.12. The zero-order valence-corrected chi connectivity index (χ0v) is 16.9. The third kappa shape index (κ3) is 4.26. The van der Waals surface area contributed by atoms with E-state index in [0.29, 0.717) is 34.7 Å². The molecule has 0 unspecified atom stereocenters. The highest BCUT2D eigenvalue weighted by Gasteiger charge is 2.17. The smallest absolute Gasteiger partial charge is 0.215 e. The Morgan fingerprint density at radius 2 is 1.90 bits per heavy atom. The van der Waals surface area contributed by atoms with Crippen LogP contribution in [0.2, 0.25) is 0 Å². The first-order valence-electron chi connectivity index (χ1n) is 10.00. The van der Waals surface area contributed by atoms with Crippen LogP contribution in [0.3, 0.4) is 0 Å². The Bertz CT molecular complexity index is 1230. The quantitative estimate of drug-likeness (QED) is 0.377. The van der Waals surface area contributed by atoms with Crippen molar-refractivity contribution in [1.29, 1.82) is 0 Å². The van der Waals surface area contributed by atoms with Gasteiger partial charge in [-0.1, -0.05) is 19.4 Å². The molecule has 2 aromatic carbocycles. The standard InChI is InChI=1S/C24H20F2N4O/c1-2-3-11-30(15-31)24-20-12-16(19-8-7-18(25)13-21(19)26)6-9-22(20)28-23(29-24)17-5-4-10-27-14-17/h4-10,12-15H,2-3,11H2,1H3. The molecule has 0 fully saturated rings. The van der Waals surface area contributed by atoms with Gasteiger partial charge in [0.2, 0.25) is 6.41 Å². The van der Waals surface area contributed by atoms with Gasteiger partial charge in [-0.25, -0.2) is 18.7 Å². The minimum Gasteiger partial charge on any atom is -0.299 e. The van der Waals surface area contributed by atoms with Gasteiger partial charge < -0.3 is 0 Å². The Morgan fingerprint density at radius 1 is 1.03 bits per heavy atom. The maximum Gasteiger partial charge on any atom is 0.215 e. The van der Waals surface area contributed by atoms with E-state index in [-0.39, 0.29) is 5.56 Å². The summed E-state index contributed by atoms with van der Waals surface area (Å²) in [5.74, 6) is -0.415. The molecule has 5 nitrogen and oxygen atoms in total. The van der Waals surface area contributed by atoms with Crippen molar-refractivity contribution < 1.29 is 13.6 Å². The molecule has 0 saturated heterocycles. The first-order valence-corrected chi connectivity index (χ1v) is 10.00. The molecule has 0 radical (unpaired) electrons. The first kappa shape index (κ1) is 20.5. The van der Waals surface area contributed by atoms with Crippen molar-refractivity contribution in [2.75, 3.05) is 11.4 Å². The van der Waals surface area contributed by atoms with Gasteiger partial charge in [0.1, 0.15) is 17.5 Å². The summed E-state index contributed by atoms with van der Waals surface area (Å²) >= 11 is 0. The van der Waals surface area contributed by atoms with E-state index in [1.807, 2.05) is 13.0 Å². The maximum absolute atomic E-state index is 14.4. The van der Waals surface area contributed by atoms with E-state index >= 15 is 0 Å². The lowest BCUT2D eigenvalue weighted by molar-refractivity contribution is -0.107. The van der Waals surface area contributed by atoms with Crippen LogP contribution in [-0.2, 0) is 4.79 Å². The number of halogens is 2. The Hall–Kier alpha value is -3.74. The second kappa shape index (κ2) is 8.95. The number of carbonyl (C=O) groups is 1. The van der Waals surface area contributed by atoms with Gasteiger partial charge in [0.15, 0.2) is 5.82 Å². The molecule has 31 heavy (non-hydrogen) atoms. The van der Waals surface area contributed by atoms with E-state index in [0.717, 1.165) is 30.9 Å². The zero-order chi connectivity index (χ0) is 21.8. The molecular formula is C24H20F2N4O. The number of hydrogen-bond acceptors (Lipinski definition) is 4. The molecule has 0 aliphatic heterocycles. The fourth-order valence-corrected chi connectivity index (χ4v) is 3.38. The molecule has 7 heteroatoms. The number of nitrogens with zero attached hydrogens (tertiary/aromatic N) is 4. The van der Waals surface area contributed by atoms with E-state index in [1.54, 1.807) is 36.7 Å². The van der Waals surface area contributed by atoms with Gasteiger partial charge in [-0.3, -0.25) is 14.7 Å². The van der Waals surface area contributed by atoms with Crippen LogP contribution < -0.4 is 4.90 Å². The number of unbranched alkanes of at least 4 members (excludes halogenated alkanes) is 1.